The van der Waals surface area contributed by atoms with Gasteiger partial charge in [0.1, 0.15) is 0 Å². The van der Waals surface area contributed by atoms with Crippen molar-refractivity contribution >= 4 is 41.5 Å². The van der Waals surface area contributed by atoms with Gasteiger partial charge in [0, 0.05) is 44.5 Å². The van der Waals surface area contributed by atoms with E-state index < -0.39 is 0 Å². The average molecular weight is 515 g/mol. The first kappa shape index (κ1) is 23.9. The fourth-order valence-electron chi connectivity index (χ4n) is 3.85. The number of amides is 1. The van der Waals surface area contributed by atoms with Gasteiger partial charge in [-0.15, -0.1) is 24.0 Å². The number of anilines is 1. The Morgan fingerprint density at radius 3 is 2.62 bits per heavy atom. The highest BCUT2D eigenvalue weighted by atomic mass is 127. The summed E-state index contributed by atoms with van der Waals surface area (Å²) >= 11 is 0. The first-order chi connectivity index (χ1) is 13.5. The molecule has 2 aliphatic heterocycles. The summed E-state index contributed by atoms with van der Waals surface area (Å²) in [5.74, 6) is 0.725. The number of aryl methyl sites for hydroxylation is 1. The lowest BCUT2D eigenvalue weighted by Gasteiger charge is -2.41. The molecular weight excluding hydrogens is 481 g/mol. The molecule has 2 aliphatic rings. The zero-order valence-corrected chi connectivity index (χ0v) is 20.1. The van der Waals surface area contributed by atoms with Gasteiger partial charge in [-0.05, 0) is 38.3 Å². The second-order valence-electron chi connectivity index (χ2n) is 7.97. The number of ether oxygens (including phenoxy) is 1. The molecule has 3 rings (SSSR count). The number of carbonyl (C=O) groups excluding carboxylic acids is 1. The van der Waals surface area contributed by atoms with E-state index in [1.165, 1.54) is 5.56 Å². The van der Waals surface area contributed by atoms with Gasteiger partial charge in [0.05, 0.1) is 19.8 Å². The molecule has 2 heterocycles. The standard InChI is InChI=1S/C21H33N5O2.HI/c1-21(2,25-11-13-28-14-12-25)16-24-20(22-3)23-15-19(27)26-10-6-8-17-7-4-5-9-18(17)26;/h4-5,7,9H,6,8,10-16H2,1-3H3,(H2,22,23,24);1H. The van der Waals surface area contributed by atoms with E-state index in [2.05, 4.69) is 40.4 Å². The average Bonchev–Trinajstić information content (AvgIpc) is 2.74. The molecule has 1 fully saturated rings. The third-order valence-electron chi connectivity index (χ3n) is 5.60. The van der Waals surface area contributed by atoms with Crippen molar-refractivity contribution in [1.29, 1.82) is 0 Å². The first-order valence-corrected chi connectivity index (χ1v) is 10.2. The van der Waals surface area contributed by atoms with Gasteiger partial charge in [0.25, 0.3) is 0 Å². The van der Waals surface area contributed by atoms with Crippen molar-refractivity contribution in [3.05, 3.63) is 29.8 Å². The smallest absolute Gasteiger partial charge is 0.246 e. The molecule has 0 bridgehead atoms. The molecule has 162 valence electrons. The van der Waals surface area contributed by atoms with Gasteiger partial charge < -0.3 is 20.3 Å². The van der Waals surface area contributed by atoms with Crippen molar-refractivity contribution in [1.82, 2.24) is 15.5 Å². The van der Waals surface area contributed by atoms with Crippen LogP contribution in [-0.2, 0) is 16.0 Å². The highest BCUT2D eigenvalue weighted by molar-refractivity contribution is 14.0. The minimum Gasteiger partial charge on any atom is -0.379 e. The fourth-order valence-corrected chi connectivity index (χ4v) is 3.85. The first-order valence-electron chi connectivity index (χ1n) is 10.2. The predicted octanol–water partition coefficient (Wildman–Crippen LogP) is 1.86. The van der Waals surface area contributed by atoms with Crippen LogP contribution in [0.25, 0.3) is 0 Å². The van der Waals surface area contributed by atoms with E-state index in [4.69, 9.17) is 4.74 Å². The van der Waals surface area contributed by atoms with Gasteiger partial charge >= 0.3 is 0 Å². The Balaban J connectivity index is 0.00000300. The molecular formula is C21H34IN5O2. The van der Waals surface area contributed by atoms with E-state index in [1.54, 1.807) is 7.05 Å². The van der Waals surface area contributed by atoms with Gasteiger partial charge in [-0.3, -0.25) is 14.7 Å². The monoisotopic (exact) mass is 515 g/mol. The molecule has 0 atom stereocenters. The zero-order valence-electron chi connectivity index (χ0n) is 17.7. The summed E-state index contributed by atoms with van der Waals surface area (Å²) in [7, 11) is 1.73. The minimum atomic E-state index is -0.0166. The van der Waals surface area contributed by atoms with E-state index in [-0.39, 0.29) is 42.0 Å². The molecule has 29 heavy (non-hydrogen) atoms. The van der Waals surface area contributed by atoms with Crippen molar-refractivity contribution in [3.63, 3.8) is 0 Å². The van der Waals surface area contributed by atoms with Crippen LogP contribution < -0.4 is 15.5 Å². The topological polar surface area (TPSA) is 69.2 Å². The summed E-state index contributed by atoms with van der Waals surface area (Å²) in [5, 5.41) is 6.55. The number of nitrogens with one attached hydrogen (secondary N) is 2. The molecule has 0 aliphatic carbocycles. The van der Waals surface area contributed by atoms with Crippen molar-refractivity contribution in [2.75, 3.05) is 57.9 Å². The van der Waals surface area contributed by atoms with Crippen molar-refractivity contribution in [2.45, 2.75) is 32.2 Å². The molecule has 1 saturated heterocycles. The summed E-state index contributed by atoms with van der Waals surface area (Å²) in [6.45, 7) is 9.61. The van der Waals surface area contributed by atoms with Crippen LogP contribution in [0.15, 0.2) is 29.3 Å². The summed E-state index contributed by atoms with van der Waals surface area (Å²) in [6, 6.07) is 8.17. The predicted molar refractivity (Wildman–Crippen MR) is 128 cm³/mol. The molecule has 8 heteroatoms. The van der Waals surface area contributed by atoms with Gasteiger partial charge in [-0.25, -0.2) is 0 Å². The van der Waals surface area contributed by atoms with Crippen LogP contribution >= 0.6 is 24.0 Å². The van der Waals surface area contributed by atoms with Crippen LogP contribution in [0.4, 0.5) is 5.69 Å². The fraction of sp³-hybridized carbons (Fsp3) is 0.619. The summed E-state index contributed by atoms with van der Waals surface area (Å²) in [6.07, 6.45) is 2.04. The maximum atomic E-state index is 12.8. The molecule has 0 saturated carbocycles. The minimum absolute atomic E-state index is 0. The lowest BCUT2D eigenvalue weighted by atomic mass is 10.0. The van der Waals surface area contributed by atoms with Crippen LogP contribution in [0.1, 0.15) is 25.8 Å². The van der Waals surface area contributed by atoms with Gasteiger partial charge in [0.2, 0.25) is 5.91 Å². The van der Waals surface area contributed by atoms with Gasteiger partial charge in [-0.2, -0.15) is 0 Å². The maximum Gasteiger partial charge on any atom is 0.246 e. The van der Waals surface area contributed by atoms with E-state index in [0.29, 0.717) is 5.96 Å². The Labute approximate surface area is 191 Å². The Kier molecular flexibility index (Phi) is 9.16. The van der Waals surface area contributed by atoms with Crippen LogP contribution in [0.5, 0.6) is 0 Å². The normalized spacial score (nSPS) is 17.9. The molecule has 2 N–H and O–H groups in total. The zero-order chi connectivity index (χ0) is 20.0. The highest BCUT2D eigenvalue weighted by Gasteiger charge is 2.28. The number of rotatable bonds is 5. The van der Waals surface area contributed by atoms with E-state index in [1.807, 2.05) is 23.1 Å². The van der Waals surface area contributed by atoms with E-state index >= 15 is 0 Å². The molecule has 0 radical (unpaired) electrons. The largest absolute Gasteiger partial charge is 0.379 e. The number of aliphatic imine (C=N–C) groups is 1. The second kappa shape index (κ2) is 11.1. The maximum absolute atomic E-state index is 12.8. The Morgan fingerprint density at radius 1 is 1.17 bits per heavy atom. The third kappa shape index (κ3) is 6.29. The number of guanidine groups is 1. The number of nitrogens with zero attached hydrogens (tertiary/aromatic N) is 3. The number of hydrogen-bond acceptors (Lipinski definition) is 4. The van der Waals surface area contributed by atoms with Crippen LogP contribution in [0.3, 0.4) is 0 Å². The van der Waals surface area contributed by atoms with Crippen LogP contribution in [-0.4, -0.2) is 75.3 Å². The highest BCUT2D eigenvalue weighted by Crippen LogP contribution is 2.26. The van der Waals surface area contributed by atoms with Crippen molar-refractivity contribution in [2.24, 2.45) is 4.99 Å². The molecule has 0 unspecified atom stereocenters. The lowest BCUT2D eigenvalue weighted by molar-refractivity contribution is -0.117. The quantitative estimate of drug-likeness (QED) is 0.356. The van der Waals surface area contributed by atoms with Crippen molar-refractivity contribution < 1.29 is 9.53 Å². The molecule has 0 spiro atoms. The molecule has 1 aromatic rings. The number of para-hydroxylation sites is 1. The summed E-state index contributed by atoms with van der Waals surface area (Å²) in [4.78, 5) is 21.4. The number of hydrogen-bond donors (Lipinski definition) is 2. The summed E-state index contributed by atoms with van der Waals surface area (Å²) < 4.78 is 5.45. The number of morpholine rings is 1. The molecule has 1 aromatic carbocycles. The van der Waals surface area contributed by atoms with Crippen LogP contribution in [0.2, 0.25) is 0 Å². The Hall–Kier alpha value is -1.39. The van der Waals surface area contributed by atoms with E-state index in [0.717, 1.165) is 57.9 Å². The Morgan fingerprint density at radius 2 is 1.90 bits per heavy atom. The van der Waals surface area contributed by atoms with Crippen LogP contribution in [0, 0.1) is 0 Å². The SMILES string of the molecule is CN=C(NCC(=O)N1CCCc2ccccc21)NCC(C)(C)N1CCOCC1.I. The number of benzene rings is 1. The number of carbonyl (C=O) groups is 1. The summed E-state index contributed by atoms with van der Waals surface area (Å²) in [5.41, 5.74) is 2.27. The van der Waals surface area contributed by atoms with E-state index in [9.17, 15) is 4.79 Å². The van der Waals surface area contributed by atoms with Gasteiger partial charge in [0.15, 0.2) is 5.96 Å². The number of fused-ring (bicyclic) bond motifs is 1. The molecule has 7 nitrogen and oxygen atoms in total. The molecule has 0 aromatic heterocycles. The third-order valence-corrected chi connectivity index (χ3v) is 5.60. The second-order valence-corrected chi connectivity index (χ2v) is 7.97. The lowest BCUT2D eigenvalue weighted by Crippen LogP contribution is -2.57. The Bertz CT molecular complexity index is 704. The van der Waals surface area contributed by atoms with Crippen molar-refractivity contribution in [3.8, 4) is 0 Å². The van der Waals surface area contributed by atoms with Gasteiger partial charge in [-0.1, -0.05) is 18.2 Å². The molecule has 1 amide bonds. The number of halogens is 1.